The largest absolute Gasteiger partial charge is 0.370 e. The maximum absolute atomic E-state index is 13.2. The smallest absolute Gasteiger partial charge is 0.256 e. The number of nitrogens with one attached hydrogen (secondary N) is 2. The quantitative estimate of drug-likeness (QED) is 0.422. The lowest BCUT2D eigenvalue weighted by molar-refractivity contribution is -0.125. The van der Waals surface area contributed by atoms with Crippen LogP contribution in [0.5, 0.6) is 0 Å². The van der Waals surface area contributed by atoms with Crippen molar-refractivity contribution in [2.45, 2.75) is 44.7 Å². The van der Waals surface area contributed by atoms with Gasteiger partial charge in [-0.2, -0.15) is 0 Å². The molecular weight excluding hydrogens is 540 g/mol. The Kier molecular flexibility index (Phi) is 7.42. The van der Waals surface area contributed by atoms with Gasteiger partial charge in [0.15, 0.2) is 5.13 Å². The lowest BCUT2D eigenvalue weighted by Crippen LogP contribution is -2.42. The SMILES string of the molecule is CC[C@H](C)N1Cc2cc(-c3sc(Nc4cccc(N5CCOCC5=O)n4)nc3C)cc(S(=O)(=O)NC)c2C1=O. The topological polar surface area (TPSA) is 134 Å². The van der Waals surface area contributed by atoms with E-state index < -0.39 is 10.0 Å². The minimum absolute atomic E-state index is 0.0181. The van der Waals surface area contributed by atoms with Crippen LogP contribution < -0.4 is 14.9 Å². The molecule has 1 saturated heterocycles. The number of sulfonamides is 1. The minimum Gasteiger partial charge on any atom is -0.370 e. The lowest BCUT2D eigenvalue weighted by atomic mass is 10.0. The predicted molar refractivity (Wildman–Crippen MR) is 149 cm³/mol. The van der Waals surface area contributed by atoms with E-state index in [1.807, 2.05) is 32.9 Å². The van der Waals surface area contributed by atoms with Crippen molar-refractivity contribution >= 4 is 49.9 Å². The maximum atomic E-state index is 13.2. The molecule has 0 unspecified atom stereocenters. The van der Waals surface area contributed by atoms with Crippen LogP contribution in [0, 0.1) is 6.92 Å². The molecule has 2 aromatic heterocycles. The molecule has 1 fully saturated rings. The van der Waals surface area contributed by atoms with Crippen LogP contribution in [0.25, 0.3) is 10.4 Å². The number of anilines is 3. The van der Waals surface area contributed by atoms with E-state index in [9.17, 15) is 18.0 Å². The van der Waals surface area contributed by atoms with Crippen LogP contribution in [0.4, 0.5) is 16.8 Å². The lowest BCUT2D eigenvalue weighted by Gasteiger charge is -2.26. The number of ether oxygens (including phenoxy) is 1. The van der Waals surface area contributed by atoms with Gasteiger partial charge in [0, 0.05) is 12.6 Å². The van der Waals surface area contributed by atoms with E-state index in [4.69, 9.17) is 4.74 Å². The van der Waals surface area contributed by atoms with Crippen LogP contribution in [0.2, 0.25) is 0 Å². The van der Waals surface area contributed by atoms with Crippen LogP contribution in [0.1, 0.15) is 41.9 Å². The zero-order valence-corrected chi connectivity index (χ0v) is 23.8. The highest BCUT2D eigenvalue weighted by Gasteiger charge is 2.36. The van der Waals surface area contributed by atoms with Gasteiger partial charge in [-0.3, -0.25) is 14.5 Å². The molecule has 1 aromatic carbocycles. The number of fused-ring (bicyclic) bond motifs is 1. The molecule has 11 nitrogen and oxygen atoms in total. The summed E-state index contributed by atoms with van der Waals surface area (Å²) < 4.78 is 33.6. The first kappa shape index (κ1) is 27.2. The Morgan fingerprint density at radius 1 is 1.21 bits per heavy atom. The number of hydrogen-bond donors (Lipinski definition) is 2. The minimum atomic E-state index is -3.90. The van der Waals surface area contributed by atoms with Gasteiger partial charge < -0.3 is 15.0 Å². The van der Waals surface area contributed by atoms with Gasteiger partial charge in [0.05, 0.1) is 34.2 Å². The highest BCUT2D eigenvalue weighted by molar-refractivity contribution is 7.89. The number of aryl methyl sites for hydroxylation is 1. The Bertz CT molecular complexity index is 1550. The number of amides is 2. The highest BCUT2D eigenvalue weighted by Crippen LogP contribution is 2.39. The van der Waals surface area contributed by atoms with Gasteiger partial charge in [0.25, 0.3) is 11.8 Å². The van der Waals surface area contributed by atoms with Crippen LogP contribution in [-0.2, 0) is 26.1 Å². The van der Waals surface area contributed by atoms with Gasteiger partial charge in [-0.05, 0) is 62.7 Å². The van der Waals surface area contributed by atoms with Crippen molar-refractivity contribution in [1.82, 2.24) is 19.6 Å². The maximum Gasteiger partial charge on any atom is 0.256 e. The van der Waals surface area contributed by atoms with Gasteiger partial charge in [-0.1, -0.05) is 24.3 Å². The van der Waals surface area contributed by atoms with E-state index in [1.54, 1.807) is 28.0 Å². The first-order chi connectivity index (χ1) is 18.6. The zero-order valence-electron chi connectivity index (χ0n) is 22.1. The summed E-state index contributed by atoms with van der Waals surface area (Å²) in [6, 6.07) is 8.78. The second-order valence-electron chi connectivity index (χ2n) is 9.44. The third kappa shape index (κ3) is 5.14. The summed E-state index contributed by atoms with van der Waals surface area (Å²) in [6.45, 7) is 7.07. The van der Waals surface area contributed by atoms with Crippen LogP contribution in [0.15, 0.2) is 35.2 Å². The number of pyridine rings is 1. The van der Waals surface area contributed by atoms with Crippen LogP contribution in [0.3, 0.4) is 0 Å². The standard InChI is InChI=1S/C26H30N6O5S2/c1-5-15(2)32-13-18-11-17(12-19(23(18)25(32)34)39(35,36)27-4)24-16(3)28-26(38-24)30-20-7-6-8-21(29-20)31-9-10-37-14-22(31)33/h6-8,11-12,15,27H,5,9-10,13-14H2,1-4H3,(H,28,29,30)/t15-/m0/s1. The predicted octanol–water partition coefficient (Wildman–Crippen LogP) is 3.28. The summed E-state index contributed by atoms with van der Waals surface area (Å²) in [5.41, 5.74) is 2.29. The average Bonchev–Trinajstić information content (AvgIpc) is 3.46. The number of carbonyl (C=O) groups is 2. The number of carbonyl (C=O) groups excluding carboxylic acids is 2. The first-order valence-corrected chi connectivity index (χ1v) is 14.9. The molecule has 2 amide bonds. The van der Waals surface area contributed by atoms with Crippen molar-refractivity contribution in [2.75, 3.05) is 37.0 Å². The molecule has 3 aromatic rings. The fraction of sp³-hybridized carbons (Fsp3) is 0.385. The van der Waals surface area contributed by atoms with E-state index in [2.05, 4.69) is 20.0 Å². The van der Waals surface area contributed by atoms with Crippen LogP contribution >= 0.6 is 11.3 Å². The number of morpholine rings is 1. The highest BCUT2D eigenvalue weighted by atomic mass is 32.2. The fourth-order valence-electron chi connectivity index (χ4n) is 4.70. The van der Waals surface area contributed by atoms with Crippen molar-refractivity contribution < 1.29 is 22.7 Å². The fourth-order valence-corrected chi connectivity index (χ4v) is 6.65. The van der Waals surface area contributed by atoms with Gasteiger partial charge in [-0.25, -0.2) is 23.1 Å². The van der Waals surface area contributed by atoms with Crippen molar-refractivity contribution in [1.29, 1.82) is 0 Å². The Morgan fingerprint density at radius 3 is 2.72 bits per heavy atom. The molecule has 1 atom stereocenters. The molecule has 0 saturated carbocycles. The van der Waals surface area contributed by atoms with E-state index in [0.29, 0.717) is 53.3 Å². The molecule has 2 aliphatic heterocycles. The molecule has 4 heterocycles. The Labute approximate surface area is 231 Å². The third-order valence-electron chi connectivity index (χ3n) is 6.97. The summed E-state index contributed by atoms with van der Waals surface area (Å²) in [5.74, 6) is 0.632. The summed E-state index contributed by atoms with van der Waals surface area (Å²) in [6.07, 6.45) is 0.763. The molecule has 0 bridgehead atoms. The molecule has 0 radical (unpaired) electrons. The second kappa shape index (κ2) is 10.6. The molecule has 2 N–H and O–H groups in total. The Morgan fingerprint density at radius 2 is 2.00 bits per heavy atom. The first-order valence-electron chi connectivity index (χ1n) is 12.6. The van der Waals surface area contributed by atoms with Gasteiger partial charge >= 0.3 is 0 Å². The second-order valence-corrected chi connectivity index (χ2v) is 12.3. The van der Waals surface area contributed by atoms with Gasteiger partial charge in [0.1, 0.15) is 18.2 Å². The Hall–Kier alpha value is -3.39. The molecule has 2 aliphatic rings. The van der Waals surface area contributed by atoms with Crippen molar-refractivity contribution in [3.8, 4) is 10.4 Å². The summed E-state index contributed by atoms with van der Waals surface area (Å²) in [4.78, 5) is 38.7. The van der Waals surface area contributed by atoms with Crippen molar-refractivity contribution in [2.24, 2.45) is 0 Å². The third-order valence-corrected chi connectivity index (χ3v) is 9.53. The molecule has 206 valence electrons. The number of rotatable bonds is 8. The summed E-state index contributed by atoms with van der Waals surface area (Å²) in [7, 11) is -2.56. The molecule has 0 aliphatic carbocycles. The number of benzene rings is 1. The molecule has 13 heteroatoms. The normalized spacial score (nSPS) is 16.5. The van der Waals surface area contributed by atoms with Crippen LogP contribution in [-0.4, -0.2) is 67.9 Å². The van der Waals surface area contributed by atoms with E-state index in [1.165, 1.54) is 18.4 Å². The number of nitrogens with zero attached hydrogens (tertiary/aromatic N) is 4. The van der Waals surface area contributed by atoms with Gasteiger partial charge in [0.2, 0.25) is 10.0 Å². The summed E-state index contributed by atoms with van der Waals surface area (Å²) in [5, 5.41) is 3.77. The van der Waals surface area contributed by atoms with Crippen molar-refractivity contribution in [3.63, 3.8) is 0 Å². The molecule has 39 heavy (non-hydrogen) atoms. The van der Waals surface area contributed by atoms with Crippen molar-refractivity contribution in [3.05, 3.63) is 47.2 Å². The van der Waals surface area contributed by atoms with E-state index in [-0.39, 0.29) is 34.9 Å². The van der Waals surface area contributed by atoms with Gasteiger partial charge in [-0.15, -0.1) is 0 Å². The monoisotopic (exact) mass is 570 g/mol. The number of aromatic nitrogens is 2. The summed E-state index contributed by atoms with van der Waals surface area (Å²) >= 11 is 1.36. The number of hydrogen-bond acceptors (Lipinski definition) is 9. The molecule has 5 rings (SSSR count). The number of thiazole rings is 1. The zero-order chi connectivity index (χ0) is 27.9. The molecule has 0 spiro atoms. The molecular formula is C26H30N6O5S2. The average molecular weight is 571 g/mol. The Balaban J connectivity index is 1.49. The van der Waals surface area contributed by atoms with E-state index in [0.717, 1.165) is 11.3 Å². The van der Waals surface area contributed by atoms with E-state index >= 15 is 0 Å².